The maximum absolute atomic E-state index is 11.6. The average Bonchev–Trinajstić information content (AvgIpc) is 2.71. The summed E-state index contributed by atoms with van der Waals surface area (Å²) < 4.78 is 0. The molecule has 5 heteroatoms. The molecule has 1 rings (SSSR count). The van der Waals surface area contributed by atoms with E-state index in [-0.39, 0.29) is 30.4 Å². The van der Waals surface area contributed by atoms with Crippen LogP contribution in [0.4, 0.5) is 0 Å². The zero-order valence-corrected chi connectivity index (χ0v) is 11.0. The molecule has 1 fully saturated rings. The molecule has 1 heterocycles. The third-order valence-corrected chi connectivity index (χ3v) is 3.31. The Morgan fingerprint density at radius 3 is 2.59 bits per heavy atom. The summed E-state index contributed by atoms with van der Waals surface area (Å²) in [7, 11) is 0. The van der Waals surface area contributed by atoms with Gasteiger partial charge in [-0.15, -0.1) is 0 Å². The SMILES string of the molecule is CC(=O)N(C[C@@H]1CCCN1C(=O)CN)C(C)C. The molecular weight excluding hydrogens is 218 g/mol. The van der Waals surface area contributed by atoms with Gasteiger partial charge in [0.15, 0.2) is 0 Å². The maximum Gasteiger partial charge on any atom is 0.236 e. The summed E-state index contributed by atoms with van der Waals surface area (Å²) in [5.74, 6) is 0.0480. The smallest absolute Gasteiger partial charge is 0.236 e. The fourth-order valence-electron chi connectivity index (χ4n) is 2.40. The molecule has 0 radical (unpaired) electrons. The molecule has 2 amide bonds. The normalized spacial score (nSPS) is 19.8. The number of hydrogen-bond acceptors (Lipinski definition) is 3. The van der Waals surface area contributed by atoms with Crippen molar-refractivity contribution in [2.75, 3.05) is 19.6 Å². The molecule has 5 nitrogen and oxygen atoms in total. The summed E-state index contributed by atoms with van der Waals surface area (Å²) in [6.07, 6.45) is 1.96. The molecule has 0 saturated carbocycles. The lowest BCUT2D eigenvalue weighted by molar-refractivity contribution is -0.135. The van der Waals surface area contributed by atoms with E-state index in [4.69, 9.17) is 5.73 Å². The van der Waals surface area contributed by atoms with Crippen molar-refractivity contribution in [2.24, 2.45) is 5.73 Å². The van der Waals surface area contributed by atoms with Crippen molar-refractivity contribution in [1.29, 1.82) is 0 Å². The Balaban J connectivity index is 2.65. The maximum atomic E-state index is 11.6. The van der Waals surface area contributed by atoms with Crippen molar-refractivity contribution in [3.63, 3.8) is 0 Å². The van der Waals surface area contributed by atoms with Crippen molar-refractivity contribution in [2.45, 2.75) is 45.7 Å². The fourth-order valence-corrected chi connectivity index (χ4v) is 2.40. The first-order valence-corrected chi connectivity index (χ1v) is 6.24. The lowest BCUT2D eigenvalue weighted by Gasteiger charge is -2.32. The highest BCUT2D eigenvalue weighted by molar-refractivity contribution is 5.79. The van der Waals surface area contributed by atoms with Gasteiger partial charge in [0.1, 0.15) is 0 Å². The van der Waals surface area contributed by atoms with E-state index in [0.29, 0.717) is 6.54 Å². The molecule has 17 heavy (non-hydrogen) atoms. The van der Waals surface area contributed by atoms with Gasteiger partial charge in [0.2, 0.25) is 11.8 Å². The third-order valence-electron chi connectivity index (χ3n) is 3.31. The third kappa shape index (κ3) is 3.43. The van der Waals surface area contributed by atoms with Crippen LogP contribution in [0.5, 0.6) is 0 Å². The van der Waals surface area contributed by atoms with E-state index in [9.17, 15) is 9.59 Å². The average molecular weight is 241 g/mol. The highest BCUT2D eigenvalue weighted by atomic mass is 16.2. The van der Waals surface area contributed by atoms with Gasteiger partial charge in [-0.2, -0.15) is 0 Å². The summed E-state index contributed by atoms with van der Waals surface area (Å²) in [6, 6.07) is 0.306. The van der Waals surface area contributed by atoms with Crippen LogP contribution in [0.1, 0.15) is 33.6 Å². The second-order valence-electron chi connectivity index (χ2n) is 4.85. The van der Waals surface area contributed by atoms with E-state index in [2.05, 4.69) is 0 Å². The summed E-state index contributed by atoms with van der Waals surface area (Å²) in [5.41, 5.74) is 5.39. The van der Waals surface area contributed by atoms with Crippen molar-refractivity contribution < 1.29 is 9.59 Å². The number of amides is 2. The first kappa shape index (κ1) is 14.0. The lowest BCUT2D eigenvalue weighted by atomic mass is 10.1. The van der Waals surface area contributed by atoms with E-state index in [1.54, 1.807) is 6.92 Å². The quantitative estimate of drug-likeness (QED) is 0.764. The molecule has 98 valence electrons. The van der Waals surface area contributed by atoms with Gasteiger partial charge in [0.05, 0.1) is 6.54 Å². The fraction of sp³-hybridized carbons (Fsp3) is 0.833. The zero-order chi connectivity index (χ0) is 13.0. The van der Waals surface area contributed by atoms with E-state index < -0.39 is 0 Å². The standard InChI is InChI=1S/C12H23N3O2/c1-9(2)15(10(3)16)8-11-5-4-6-14(11)12(17)7-13/h9,11H,4-8,13H2,1-3H3/t11-/m0/s1. The van der Waals surface area contributed by atoms with Gasteiger partial charge in [0.25, 0.3) is 0 Å². The molecule has 1 aliphatic rings. The van der Waals surface area contributed by atoms with Crippen LogP contribution in [0.25, 0.3) is 0 Å². The van der Waals surface area contributed by atoms with E-state index >= 15 is 0 Å². The number of rotatable bonds is 4. The lowest BCUT2D eigenvalue weighted by Crippen LogP contribution is -2.48. The van der Waals surface area contributed by atoms with Gasteiger partial charge < -0.3 is 15.5 Å². The Hall–Kier alpha value is -1.10. The van der Waals surface area contributed by atoms with Crippen LogP contribution in [0.2, 0.25) is 0 Å². The number of hydrogen-bond donors (Lipinski definition) is 1. The molecule has 0 aromatic heterocycles. The van der Waals surface area contributed by atoms with Gasteiger partial charge in [0, 0.05) is 32.1 Å². The summed E-state index contributed by atoms with van der Waals surface area (Å²) in [6.45, 7) is 7.00. The molecular formula is C12H23N3O2. The van der Waals surface area contributed by atoms with Gasteiger partial charge in [-0.25, -0.2) is 0 Å². The van der Waals surface area contributed by atoms with E-state index in [0.717, 1.165) is 19.4 Å². The molecule has 0 unspecified atom stereocenters. The van der Waals surface area contributed by atoms with Crippen molar-refractivity contribution >= 4 is 11.8 Å². The number of nitrogens with zero attached hydrogens (tertiary/aromatic N) is 2. The zero-order valence-electron chi connectivity index (χ0n) is 11.0. The highest BCUT2D eigenvalue weighted by Crippen LogP contribution is 2.19. The summed E-state index contributed by atoms with van der Waals surface area (Å²) >= 11 is 0. The minimum absolute atomic E-state index is 0.0141. The van der Waals surface area contributed by atoms with Crippen LogP contribution in [0.3, 0.4) is 0 Å². The van der Waals surface area contributed by atoms with Gasteiger partial charge in [-0.1, -0.05) is 0 Å². The molecule has 0 aromatic rings. The molecule has 2 N–H and O–H groups in total. The molecule has 1 saturated heterocycles. The number of carbonyl (C=O) groups excluding carboxylic acids is 2. The predicted molar refractivity (Wildman–Crippen MR) is 66.3 cm³/mol. The van der Waals surface area contributed by atoms with Gasteiger partial charge in [-0.05, 0) is 26.7 Å². The predicted octanol–water partition coefficient (Wildman–Crippen LogP) is 0.193. The Bertz CT molecular complexity index is 291. The second kappa shape index (κ2) is 6.00. The largest absolute Gasteiger partial charge is 0.338 e. The monoisotopic (exact) mass is 241 g/mol. The van der Waals surface area contributed by atoms with E-state index in [1.807, 2.05) is 23.6 Å². The molecule has 0 spiro atoms. The Labute approximate surface area is 103 Å². The van der Waals surface area contributed by atoms with Crippen molar-refractivity contribution in [1.82, 2.24) is 9.80 Å². The number of carbonyl (C=O) groups is 2. The van der Waals surface area contributed by atoms with Gasteiger partial charge >= 0.3 is 0 Å². The first-order valence-electron chi connectivity index (χ1n) is 6.24. The second-order valence-corrected chi connectivity index (χ2v) is 4.85. The topological polar surface area (TPSA) is 66.6 Å². The number of nitrogens with two attached hydrogens (primary N) is 1. The molecule has 0 aromatic carbocycles. The van der Waals surface area contributed by atoms with Crippen LogP contribution in [0, 0.1) is 0 Å². The van der Waals surface area contributed by atoms with E-state index in [1.165, 1.54) is 0 Å². The van der Waals surface area contributed by atoms with Crippen LogP contribution in [-0.2, 0) is 9.59 Å². The van der Waals surface area contributed by atoms with Crippen LogP contribution < -0.4 is 5.73 Å². The Kier molecular flexibility index (Phi) is 4.93. The summed E-state index contributed by atoms with van der Waals surface area (Å²) in [5, 5.41) is 0. The molecule has 1 aliphatic heterocycles. The van der Waals surface area contributed by atoms with Gasteiger partial charge in [-0.3, -0.25) is 9.59 Å². The van der Waals surface area contributed by atoms with Crippen LogP contribution >= 0.6 is 0 Å². The van der Waals surface area contributed by atoms with Crippen molar-refractivity contribution in [3.8, 4) is 0 Å². The molecule has 1 atom stereocenters. The first-order chi connectivity index (χ1) is 7.97. The highest BCUT2D eigenvalue weighted by Gasteiger charge is 2.30. The van der Waals surface area contributed by atoms with Crippen LogP contribution in [0.15, 0.2) is 0 Å². The minimum Gasteiger partial charge on any atom is -0.338 e. The Morgan fingerprint density at radius 1 is 1.47 bits per heavy atom. The van der Waals surface area contributed by atoms with Crippen LogP contribution in [-0.4, -0.2) is 53.3 Å². The molecule has 0 aliphatic carbocycles. The Morgan fingerprint density at radius 2 is 2.12 bits per heavy atom. The van der Waals surface area contributed by atoms with Crippen molar-refractivity contribution in [3.05, 3.63) is 0 Å². The summed E-state index contributed by atoms with van der Waals surface area (Å²) in [4.78, 5) is 26.8. The number of likely N-dealkylation sites (tertiary alicyclic amines) is 1. The molecule has 0 bridgehead atoms. The minimum atomic E-state index is -0.0141.